The van der Waals surface area contributed by atoms with Gasteiger partial charge in [0.2, 0.25) is 15.9 Å². The first-order valence-corrected chi connectivity index (χ1v) is 10.7. The number of rotatable bonds is 6. The second-order valence-corrected chi connectivity index (χ2v) is 8.69. The van der Waals surface area contributed by atoms with Crippen molar-refractivity contribution in [2.75, 3.05) is 51.8 Å². The minimum atomic E-state index is -3.71. The summed E-state index contributed by atoms with van der Waals surface area (Å²) in [6.07, 6.45) is 2.06. The average Bonchev–Trinajstić information content (AvgIpc) is 3.22. The molecule has 2 aliphatic rings. The molecule has 2 saturated heterocycles. The van der Waals surface area contributed by atoms with E-state index >= 15 is 0 Å². The van der Waals surface area contributed by atoms with Gasteiger partial charge in [-0.3, -0.25) is 4.79 Å². The van der Waals surface area contributed by atoms with Gasteiger partial charge in [0.05, 0.1) is 20.3 Å². The van der Waals surface area contributed by atoms with Crippen molar-refractivity contribution in [2.24, 2.45) is 0 Å². The molecule has 1 N–H and O–H groups in total. The fourth-order valence-corrected chi connectivity index (χ4v) is 5.01. The van der Waals surface area contributed by atoms with Gasteiger partial charge in [0.15, 0.2) is 0 Å². The largest absolute Gasteiger partial charge is 0.495 e. The van der Waals surface area contributed by atoms with Gasteiger partial charge in [-0.05, 0) is 38.0 Å². The van der Waals surface area contributed by atoms with Crippen molar-refractivity contribution in [1.29, 1.82) is 0 Å². The topological polar surface area (TPSA) is 88.2 Å². The van der Waals surface area contributed by atoms with Gasteiger partial charge in [0.25, 0.3) is 0 Å². The van der Waals surface area contributed by atoms with Crippen molar-refractivity contribution in [3.63, 3.8) is 0 Å². The summed E-state index contributed by atoms with van der Waals surface area (Å²) in [6, 6.07) is 4.45. The first kappa shape index (κ1) is 19.9. The Hall–Kier alpha value is -1.84. The number of carbonyl (C=O) groups excluding carboxylic acids is 1. The molecule has 0 spiro atoms. The molecular weight excluding hydrogens is 370 g/mol. The maximum atomic E-state index is 13.0. The van der Waals surface area contributed by atoms with Crippen LogP contribution in [0.15, 0.2) is 23.1 Å². The van der Waals surface area contributed by atoms with Crippen LogP contribution < -0.4 is 10.1 Å². The summed E-state index contributed by atoms with van der Waals surface area (Å²) < 4.78 is 38.0. The zero-order chi connectivity index (χ0) is 19.4. The van der Waals surface area contributed by atoms with Crippen molar-refractivity contribution >= 4 is 21.6 Å². The molecule has 9 heteroatoms. The van der Waals surface area contributed by atoms with Crippen LogP contribution in [0.25, 0.3) is 0 Å². The number of hydrogen-bond donors (Lipinski definition) is 1. The zero-order valence-corrected chi connectivity index (χ0v) is 16.6. The van der Waals surface area contributed by atoms with Gasteiger partial charge in [0, 0.05) is 31.9 Å². The molecule has 0 unspecified atom stereocenters. The molecule has 0 radical (unpaired) electrons. The van der Waals surface area contributed by atoms with E-state index in [0.717, 1.165) is 25.9 Å². The molecule has 3 rings (SSSR count). The highest BCUT2D eigenvalue weighted by Crippen LogP contribution is 2.30. The Kier molecular flexibility index (Phi) is 6.23. The maximum absolute atomic E-state index is 13.0. The Balaban J connectivity index is 1.81. The monoisotopic (exact) mass is 397 g/mol. The molecule has 0 bridgehead atoms. The molecule has 8 nitrogen and oxygen atoms in total. The molecule has 1 atom stereocenters. The summed E-state index contributed by atoms with van der Waals surface area (Å²) >= 11 is 0. The number of likely N-dealkylation sites (tertiary alicyclic amines) is 1. The average molecular weight is 397 g/mol. The Morgan fingerprint density at radius 1 is 1.19 bits per heavy atom. The number of methoxy groups -OCH3 is 1. The summed E-state index contributed by atoms with van der Waals surface area (Å²) in [6.45, 7) is 4.73. The van der Waals surface area contributed by atoms with E-state index in [4.69, 9.17) is 9.47 Å². The standard InChI is InChI=1S/C18H27N3O5S/c1-14(18(22)20-7-3-4-8-20)19-15-5-6-16(25-2)17(13-15)27(23,24)21-9-11-26-12-10-21/h5-6,13-14,19H,3-4,7-12H2,1-2H3/t14-/m0/s1. The Morgan fingerprint density at radius 3 is 2.48 bits per heavy atom. The first-order valence-electron chi connectivity index (χ1n) is 9.25. The van der Waals surface area contributed by atoms with Crippen LogP contribution in [0.2, 0.25) is 0 Å². The lowest BCUT2D eigenvalue weighted by Crippen LogP contribution is -2.41. The second kappa shape index (κ2) is 8.45. The number of nitrogens with one attached hydrogen (secondary N) is 1. The minimum Gasteiger partial charge on any atom is -0.495 e. The van der Waals surface area contributed by atoms with E-state index in [1.807, 2.05) is 4.90 Å². The van der Waals surface area contributed by atoms with E-state index in [1.165, 1.54) is 17.5 Å². The maximum Gasteiger partial charge on any atom is 0.246 e. The fraction of sp³-hybridized carbons (Fsp3) is 0.611. The third-order valence-electron chi connectivity index (χ3n) is 4.92. The summed E-state index contributed by atoms with van der Waals surface area (Å²) in [7, 11) is -2.26. The SMILES string of the molecule is COc1ccc(N[C@@H](C)C(=O)N2CCCC2)cc1S(=O)(=O)N1CCOCC1. The number of hydrogen-bond acceptors (Lipinski definition) is 6. The van der Waals surface area contributed by atoms with Crippen LogP contribution >= 0.6 is 0 Å². The number of carbonyl (C=O) groups is 1. The highest BCUT2D eigenvalue weighted by atomic mass is 32.2. The van der Waals surface area contributed by atoms with Gasteiger partial charge in [0.1, 0.15) is 16.7 Å². The number of ether oxygens (including phenoxy) is 2. The molecular formula is C18H27N3O5S. The molecule has 1 aromatic carbocycles. The number of amides is 1. The lowest BCUT2D eigenvalue weighted by atomic mass is 10.2. The molecule has 27 heavy (non-hydrogen) atoms. The summed E-state index contributed by atoms with van der Waals surface area (Å²) in [4.78, 5) is 14.4. The lowest BCUT2D eigenvalue weighted by molar-refractivity contribution is -0.130. The smallest absolute Gasteiger partial charge is 0.246 e. The van der Waals surface area contributed by atoms with Crippen LogP contribution in [-0.4, -0.2) is 76.1 Å². The van der Waals surface area contributed by atoms with E-state index in [2.05, 4.69) is 5.32 Å². The van der Waals surface area contributed by atoms with Crippen molar-refractivity contribution in [3.05, 3.63) is 18.2 Å². The Labute approximate surface area is 160 Å². The third-order valence-corrected chi connectivity index (χ3v) is 6.84. The van der Waals surface area contributed by atoms with Gasteiger partial charge in [-0.1, -0.05) is 0 Å². The predicted molar refractivity (Wildman–Crippen MR) is 101 cm³/mol. The van der Waals surface area contributed by atoms with Crippen molar-refractivity contribution < 1.29 is 22.7 Å². The van der Waals surface area contributed by atoms with E-state index in [0.29, 0.717) is 32.0 Å². The molecule has 0 aliphatic carbocycles. The zero-order valence-electron chi connectivity index (χ0n) is 15.8. The Bertz CT molecular complexity index is 771. The van der Waals surface area contributed by atoms with Crippen LogP contribution in [-0.2, 0) is 19.6 Å². The Morgan fingerprint density at radius 2 is 1.85 bits per heavy atom. The molecule has 2 aliphatic heterocycles. The van der Waals surface area contributed by atoms with E-state index < -0.39 is 16.1 Å². The molecule has 1 amide bonds. The molecule has 1 aromatic rings. The van der Waals surface area contributed by atoms with Gasteiger partial charge in [-0.25, -0.2) is 8.42 Å². The van der Waals surface area contributed by atoms with E-state index in [9.17, 15) is 13.2 Å². The van der Waals surface area contributed by atoms with Crippen LogP contribution in [0.3, 0.4) is 0 Å². The van der Waals surface area contributed by atoms with E-state index in [-0.39, 0.29) is 16.6 Å². The van der Waals surface area contributed by atoms with Crippen LogP contribution in [0.4, 0.5) is 5.69 Å². The highest BCUT2D eigenvalue weighted by Gasteiger charge is 2.30. The van der Waals surface area contributed by atoms with E-state index in [1.54, 1.807) is 19.1 Å². The van der Waals surface area contributed by atoms with Crippen LogP contribution in [0, 0.1) is 0 Å². The van der Waals surface area contributed by atoms with Gasteiger partial charge in [-0.15, -0.1) is 0 Å². The van der Waals surface area contributed by atoms with Gasteiger partial charge < -0.3 is 19.7 Å². The number of morpholine rings is 1. The quantitative estimate of drug-likeness (QED) is 0.774. The third kappa shape index (κ3) is 4.36. The van der Waals surface area contributed by atoms with Gasteiger partial charge in [-0.2, -0.15) is 4.31 Å². The summed E-state index contributed by atoms with van der Waals surface area (Å²) in [5.74, 6) is 0.312. The van der Waals surface area contributed by atoms with Crippen molar-refractivity contribution in [2.45, 2.75) is 30.7 Å². The van der Waals surface area contributed by atoms with Gasteiger partial charge >= 0.3 is 0 Å². The summed E-state index contributed by atoms with van der Waals surface area (Å²) in [5, 5.41) is 3.13. The predicted octanol–water partition coefficient (Wildman–Crippen LogP) is 1.14. The first-order chi connectivity index (χ1) is 12.9. The fourth-order valence-electron chi connectivity index (χ4n) is 3.42. The molecule has 2 heterocycles. The molecule has 150 valence electrons. The number of benzene rings is 1. The van der Waals surface area contributed by atoms with Crippen LogP contribution in [0.1, 0.15) is 19.8 Å². The van der Waals surface area contributed by atoms with Crippen LogP contribution in [0.5, 0.6) is 5.75 Å². The minimum absolute atomic E-state index is 0.0286. The highest BCUT2D eigenvalue weighted by molar-refractivity contribution is 7.89. The summed E-state index contributed by atoms with van der Waals surface area (Å²) in [5.41, 5.74) is 0.572. The lowest BCUT2D eigenvalue weighted by Gasteiger charge is -2.27. The molecule has 0 saturated carbocycles. The van der Waals surface area contributed by atoms with Crippen molar-refractivity contribution in [1.82, 2.24) is 9.21 Å². The van der Waals surface area contributed by atoms with Crippen molar-refractivity contribution in [3.8, 4) is 5.75 Å². The second-order valence-electron chi connectivity index (χ2n) is 6.78. The normalized spacial score (nSPS) is 19.7. The molecule has 0 aromatic heterocycles. The number of nitrogens with zero attached hydrogens (tertiary/aromatic N) is 2. The number of anilines is 1. The number of sulfonamides is 1. The molecule has 2 fully saturated rings.